The minimum atomic E-state index is -0.878. The van der Waals surface area contributed by atoms with Gasteiger partial charge in [-0.3, -0.25) is 9.59 Å². The topological polar surface area (TPSA) is 60.9 Å². The fourth-order valence-corrected chi connectivity index (χ4v) is 2.99. The molecule has 5 nitrogen and oxygen atoms in total. The zero-order valence-electron chi connectivity index (χ0n) is 12.1. The number of carboxylic acids is 1. The highest BCUT2D eigenvalue weighted by molar-refractivity contribution is 8.00. The summed E-state index contributed by atoms with van der Waals surface area (Å²) in [5.41, 5.74) is 2.43. The maximum Gasteiger partial charge on any atom is 0.313 e. The molecule has 0 aromatic heterocycles. The Balaban J connectivity index is 1.80. The van der Waals surface area contributed by atoms with E-state index in [4.69, 9.17) is 5.11 Å². The predicted octanol–water partition coefficient (Wildman–Crippen LogP) is 1.46. The molecule has 1 aliphatic heterocycles. The van der Waals surface area contributed by atoms with E-state index in [0.717, 1.165) is 24.9 Å². The molecule has 1 aromatic carbocycles. The Labute approximate surface area is 128 Å². The van der Waals surface area contributed by atoms with E-state index < -0.39 is 5.97 Å². The maximum atomic E-state index is 12.0. The van der Waals surface area contributed by atoms with Gasteiger partial charge in [0.05, 0.1) is 11.5 Å². The number of carboxylic acid groups (broad SMARTS) is 1. The van der Waals surface area contributed by atoms with Crippen LogP contribution in [0.2, 0.25) is 0 Å². The van der Waals surface area contributed by atoms with Crippen LogP contribution in [0.1, 0.15) is 5.56 Å². The normalized spacial score (nSPS) is 15.1. The molecule has 1 fully saturated rings. The first-order chi connectivity index (χ1) is 10.1. The Morgan fingerprint density at radius 3 is 2.52 bits per heavy atom. The summed E-state index contributed by atoms with van der Waals surface area (Å²) in [6, 6.07) is 8.36. The predicted molar refractivity (Wildman–Crippen MR) is 84.9 cm³/mol. The molecular formula is C15H20N2O3S. The first-order valence-corrected chi connectivity index (χ1v) is 8.10. The third kappa shape index (κ3) is 4.67. The van der Waals surface area contributed by atoms with Crippen molar-refractivity contribution in [3.8, 4) is 0 Å². The van der Waals surface area contributed by atoms with Crippen LogP contribution in [-0.4, -0.2) is 59.6 Å². The number of aryl methyl sites for hydroxylation is 1. The van der Waals surface area contributed by atoms with Crippen LogP contribution in [0.5, 0.6) is 0 Å². The first kappa shape index (κ1) is 15.7. The molecule has 1 saturated heterocycles. The van der Waals surface area contributed by atoms with Gasteiger partial charge in [0.15, 0.2) is 0 Å². The lowest BCUT2D eigenvalue weighted by atomic mass is 10.2. The van der Waals surface area contributed by atoms with Crippen molar-refractivity contribution >= 4 is 29.3 Å². The Morgan fingerprint density at radius 1 is 1.19 bits per heavy atom. The summed E-state index contributed by atoms with van der Waals surface area (Å²) < 4.78 is 0. The second kappa shape index (κ2) is 7.36. The largest absolute Gasteiger partial charge is 0.481 e. The second-order valence-corrected chi connectivity index (χ2v) is 6.08. The number of piperazine rings is 1. The van der Waals surface area contributed by atoms with E-state index in [2.05, 4.69) is 30.0 Å². The smallest absolute Gasteiger partial charge is 0.313 e. The van der Waals surface area contributed by atoms with Gasteiger partial charge >= 0.3 is 5.97 Å². The highest BCUT2D eigenvalue weighted by Crippen LogP contribution is 2.18. The van der Waals surface area contributed by atoms with Gasteiger partial charge in [-0.05, 0) is 24.6 Å². The summed E-state index contributed by atoms with van der Waals surface area (Å²) in [4.78, 5) is 26.5. The van der Waals surface area contributed by atoms with E-state index in [0.29, 0.717) is 13.1 Å². The van der Waals surface area contributed by atoms with E-state index in [9.17, 15) is 9.59 Å². The summed E-state index contributed by atoms with van der Waals surface area (Å²) in [7, 11) is 0. The van der Waals surface area contributed by atoms with Crippen molar-refractivity contribution in [3.63, 3.8) is 0 Å². The quantitative estimate of drug-likeness (QED) is 0.892. The van der Waals surface area contributed by atoms with Gasteiger partial charge in [0.1, 0.15) is 0 Å². The average Bonchev–Trinajstić information content (AvgIpc) is 2.47. The lowest BCUT2D eigenvalue weighted by molar-refractivity contribution is -0.133. The number of thioether (sulfide) groups is 1. The molecule has 0 spiro atoms. The van der Waals surface area contributed by atoms with Gasteiger partial charge in [-0.15, -0.1) is 11.8 Å². The van der Waals surface area contributed by atoms with Gasteiger partial charge in [0.2, 0.25) is 5.91 Å². The number of carbonyl (C=O) groups is 2. The van der Waals surface area contributed by atoms with E-state index in [1.165, 1.54) is 11.3 Å². The number of nitrogens with zero attached hydrogens (tertiary/aromatic N) is 2. The van der Waals surface area contributed by atoms with Gasteiger partial charge < -0.3 is 14.9 Å². The van der Waals surface area contributed by atoms with Crippen molar-refractivity contribution in [2.45, 2.75) is 6.92 Å². The number of rotatable bonds is 5. The lowest BCUT2D eigenvalue weighted by Gasteiger charge is -2.36. The Hall–Kier alpha value is -1.69. The van der Waals surface area contributed by atoms with Gasteiger partial charge in [0, 0.05) is 31.9 Å². The summed E-state index contributed by atoms with van der Waals surface area (Å²) in [6.07, 6.45) is 0. The molecular weight excluding hydrogens is 288 g/mol. The third-order valence-corrected chi connectivity index (χ3v) is 4.35. The molecule has 6 heteroatoms. The fraction of sp³-hybridized carbons (Fsp3) is 0.467. The van der Waals surface area contributed by atoms with Gasteiger partial charge in [-0.2, -0.15) is 0 Å². The first-order valence-electron chi connectivity index (χ1n) is 6.95. The SMILES string of the molecule is Cc1cccc(N2CCN(C(=O)CSCC(=O)O)CC2)c1. The van der Waals surface area contributed by atoms with Crippen LogP contribution in [0.25, 0.3) is 0 Å². The molecule has 0 atom stereocenters. The van der Waals surface area contributed by atoms with Gasteiger partial charge in [0.25, 0.3) is 0 Å². The highest BCUT2D eigenvalue weighted by Gasteiger charge is 2.21. The molecule has 1 N–H and O–H groups in total. The molecule has 0 saturated carbocycles. The van der Waals surface area contributed by atoms with Crippen LogP contribution >= 0.6 is 11.8 Å². The van der Waals surface area contributed by atoms with Crippen molar-refractivity contribution in [2.24, 2.45) is 0 Å². The molecule has 0 radical (unpaired) electrons. The number of benzene rings is 1. The summed E-state index contributed by atoms with van der Waals surface area (Å²) in [5, 5.41) is 8.57. The number of hydrogen-bond donors (Lipinski definition) is 1. The van der Waals surface area contributed by atoms with Crippen LogP contribution in [0.3, 0.4) is 0 Å². The fourth-order valence-electron chi connectivity index (χ4n) is 2.36. The minimum Gasteiger partial charge on any atom is -0.481 e. The van der Waals surface area contributed by atoms with Crippen LogP contribution in [0, 0.1) is 6.92 Å². The minimum absolute atomic E-state index is 0.0189. The molecule has 21 heavy (non-hydrogen) atoms. The van der Waals surface area contributed by atoms with Crippen molar-refractivity contribution in [1.82, 2.24) is 4.90 Å². The Morgan fingerprint density at radius 2 is 1.90 bits per heavy atom. The number of carbonyl (C=O) groups excluding carboxylic acids is 1. The van der Waals surface area contributed by atoms with Crippen molar-refractivity contribution in [3.05, 3.63) is 29.8 Å². The number of anilines is 1. The summed E-state index contributed by atoms with van der Waals surface area (Å²) in [6.45, 7) is 5.10. The van der Waals surface area contributed by atoms with Crippen LogP contribution in [0.4, 0.5) is 5.69 Å². The summed E-state index contributed by atoms with van der Waals surface area (Å²) in [5.74, 6) is -0.617. The average molecular weight is 308 g/mol. The maximum absolute atomic E-state index is 12.0. The van der Waals surface area contributed by atoms with Crippen LogP contribution in [-0.2, 0) is 9.59 Å². The number of amides is 1. The number of hydrogen-bond acceptors (Lipinski definition) is 4. The third-order valence-electron chi connectivity index (χ3n) is 3.45. The molecule has 0 bridgehead atoms. The molecule has 1 amide bonds. The van der Waals surface area contributed by atoms with Gasteiger partial charge in [-0.1, -0.05) is 12.1 Å². The molecule has 0 unspecified atom stereocenters. The molecule has 1 aliphatic rings. The summed E-state index contributed by atoms with van der Waals surface area (Å²) >= 11 is 1.16. The highest BCUT2D eigenvalue weighted by atomic mass is 32.2. The zero-order valence-corrected chi connectivity index (χ0v) is 12.9. The van der Waals surface area contributed by atoms with E-state index >= 15 is 0 Å². The lowest BCUT2D eigenvalue weighted by Crippen LogP contribution is -2.49. The molecule has 114 valence electrons. The van der Waals surface area contributed by atoms with E-state index in [1.54, 1.807) is 0 Å². The van der Waals surface area contributed by atoms with Crippen molar-refractivity contribution in [1.29, 1.82) is 0 Å². The van der Waals surface area contributed by atoms with Crippen molar-refractivity contribution < 1.29 is 14.7 Å². The molecule has 0 aliphatic carbocycles. The Kier molecular flexibility index (Phi) is 5.50. The molecule has 2 rings (SSSR count). The molecule has 1 aromatic rings. The zero-order chi connectivity index (χ0) is 15.2. The Bertz CT molecular complexity index is 513. The monoisotopic (exact) mass is 308 g/mol. The van der Waals surface area contributed by atoms with Crippen molar-refractivity contribution in [2.75, 3.05) is 42.6 Å². The number of aliphatic carboxylic acids is 1. The van der Waals surface area contributed by atoms with Crippen LogP contribution < -0.4 is 4.90 Å². The molecule has 1 heterocycles. The van der Waals surface area contributed by atoms with Crippen LogP contribution in [0.15, 0.2) is 24.3 Å². The van der Waals surface area contributed by atoms with E-state index in [-0.39, 0.29) is 17.4 Å². The second-order valence-electron chi connectivity index (χ2n) is 5.09. The standard InChI is InChI=1S/C15H20N2O3S/c1-12-3-2-4-13(9-12)16-5-7-17(8-6-16)14(18)10-21-11-15(19)20/h2-4,9H,5-8,10-11H2,1H3,(H,19,20). The van der Waals surface area contributed by atoms with Gasteiger partial charge in [-0.25, -0.2) is 0 Å². The van der Waals surface area contributed by atoms with E-state index in [1.807, 2.05) is 11.0 Å².